The number of carbonyl (C=O) groups is 2. The van der Waals surface area contributed by atoms with Gasteiger partial charge in [-0.05, 0) is 30.6 Å². The normalized spacial score (nSPS) is 15.7. The van der Waals surface area contributed by atoms with Crippen LogP contribution in [0.4, 0.5) is 0 Å². The van der Waals surface area contributed by atoms with Crippen LogP contribution in [0.15, 0.2) is 46.5 Å². The number of benzene rings is 1. The summed E-state index contributed by atoms with van der Waals surface area (Å²) in [5.41, 5.74) is 2.18. The fourth-order valence-corrected chi connectivity index (χ4v) is 2.10. The monoisotopic (exact) mass is 262 g/mol. The molecule has 4 heteroatoms. The number of carbonyl (C=O) groups excluding carboxylic acids is 1. The molecule has 0 spiro atoms. The summed E-state index contributed by atoms with van der Waals surface area (Å²) in [6.45, 7) is 1.48. The van der Waals surface area contributed by atoms with Crippen LogP contribution in [0, 0.1) is 0 Å². The smallest absolute Gasteiger partial charge is 0.331 e. The number of allylic oxidation sites excluding steroid dienone is 3. The molecule has 0 unspecified atom stereocenters. The first-order valence-electron chi connectivity index (χ1n) is 5.43. The molecule has 0 saturated heterocycles. The average Bonchev–Trinajstić information content (AvgIpc) is 2.35. The average molecular weight is 263 g/mol. The van der Waals surface area contributed by atoms with Crippen LogP contribution in [0.2, 0.25) is 0 Å². The first kappa shape index (κ1) is 12.6. The molecule has 0 atom stereocenters. The van der Waals surface area contributed by atoms with Crippen molar-refractivity contribution in [2.45, 2.75) is 13.3 Å². The second-order valence-corrected chi connectivity index (χ2v) is 4.51. The van der Waals surface area contributed by atoms with Gasteiger partial charge in [0.15, 0.2) is 0 Å². The molecule has 1 aliphatic carbocycles. The van der Waals surface area contributed by atoms with E-state index in [2.05, 4.69) is 0 Å². The van der Waals surface area contributed by atoms with Crippen LogP contribution in [0.1, 0.15) is 22.8 Å². The molecule has 1 aromatic rings. The lowest BCUT2D eigenvalue weighted by atomic mass is 9.90. The van der Waals surface area contributed by atoms with Crippen LogP contribution < -0.4 is 0 Å². The van der Waals surface area contributed by atoms with E-state index >= 15 is 0 Å². The van der Waals surface area contributed by atoms with Crippen LogP contribution in [-0.2, 0) is 11.2 Å². The molecule has 1 aromatic carbocycles. The number of carboxylic acids is 1. The van der Waals surface area contributed by atoms with E-state index in [0.29, 0.717) is 17.6 Å². The van der Waals surface area contributed by atoms with Gasteiger partial charge in [-0.3, -0.25) is 4.79 Å². The Morgan fingerprint density at radius 3 is 2.72 bits per heavy atom. The van der Waals surface area contributed by atoms with Crippen molar-refractivity contribution in [3.8, 4) is 0 Å². The highest BCUT2D eigenvalue weighted by Crippen LogP contribution is 2.29. The van der Waals surface area contributed by atoms with Crippen molar-refractivity contribution in [2.24, 2.45) is 0 Å². The highest BCUT2D eigenvalue weighted by atomic mass is 35.5. The topological polar surface area (TPSA) is 54.4 Å². The molecular weight excluding hydrogens is 252 g/mol. The van der Waals surface area contributed by atoms with Crippen LogP contribution in [0.3, 0.4) is 0 Å². The minimum atomic E-state index is -1.02. The molecule has 18 heavy (non-hydrogen) atoms. The predicted octanol–water partition coefficient (Wildman–Crippen LogP) is 2.95. The zero-order valence-electron chi connectivity index (χ0n) is 9.74. The van der Waals surface area contributed by atoms with Crippen molar-refractivity contribution in [1.82, 2.24) is 0 Å². The second-order valence-electron chi connectivity index (χ2n) is 4.13. The summed E-state index contributed by atoms with van der Waals surface area (Å²) in [5.74, 6) is -1.26. The van der Waals surface area contributed by atoms with Crippen molar-refractivity contribution in [1.29, 1.82) is 0 Å². The lowest BCUT2D eigenvalue weighted by molar-refractivity contribution is -0.132. The number of aliphatic carboxylic acids is 1. The van der Waals surface area contributed by atoms with Gasteiger partial charge in [-0.15, -0.1) is 0 Å². The lowest BCUT2D eigenvalue weighted by Gasteiger charge is -2.16. The lowest BCUT2D eigenvalue weighted by Crippen LogP contribution is -2.13. The van der Waals surface area contributed by atoms with E-state index in [1.54, 1.807) is 12.1 Å². The van der Waals surface area contributed by atoms with E-state index in [-0.39, 0.29) is 16.4 Å². The molecule has 0 aromatic heterocycles. The quantitative estimate of drug-likeness (QED) is 0.834. The van der Waals surface area contributed by atoms with E-state index in [1.807, 2.05) is 12.1 Å². The number of hydrogen-bond donors (Lipinski definition) is 1. The first-order chi connectivity index (χ1) is 8.50. The zero-order valence-corrected chi connectivity index (χ0v) is 10.5. The minimum absolute atomic E-state index is 0.106. The molecule has 0 heterocycles. The van der Waals surface area contributed by atoms with Crippen LogP contribution >= 0.6 is 11.6 Å². The molecule has 0 saturated carbocycles. The highest BCUT2D eigenvalue weighted by molar-refractivity contribution is 6.46. The number of halogens is 1. The molecule has 1 N–H and O–H groups in total. The van der Waals surface area contributed by atoms with Gasteiger partial charge >= 0.3 is 5.97 Å². The Balaban J connectivity index is 2.47. The fraction of sp³-hybridized carbons (Fsp3) is 0.143. The third-order valence-electron chi connectivity index (χ3n) is 2.85. The molecule has 0 radical (unpaired) electrons. The number of hydrogen-bond acceptors (Lipinski definition) is 2. The Labute approximate surface area is 109 Å². The predicted molar refractivity (Wildman–Crippen MR) is 68.7 cm³/mol. The summed E-state index contributed by atoms with van der Waals surface area (Å²) in [5, 5.41) is 8.95. The summed E-state index contributed by atoms with van der Waals surface area (Å²) in [6, 6.07) is 7.20. The van der Waals surface area contributed by atoms with Gasteiger partial charge in [0.2, 0.25) is 5.78 Å². The minimum Gasteiger partial charge on any atom is -0.478 e. The van der Waals surface area contributed by atoms with Crippen molar-refractivity contribution in [3.63, 3.8) is 0 Å². The number of carboxylic acid groups (broad SMARTS) is 1. The van der Waals surface area contributed by atoms with Gasteiger partial charge in [-0.2, -0.15) is 0 Å². The SMILES string of the molecule is C/C(=C\C1=C(Cl)C(=O)c2ccccc2C1)C(=O)O. The van der Waals surface area contributed by atoms with Gasteiger partial charge in [-0.1, -0.05) is 35.9 Å². The highest BCUT2D eigenvalue weighted by Gasteiger charge is 2.23. The molecular formula is C14H11ClO3. The number of rotatable bonds is 2. The molecule has 92 valence electrons. The Morgan fingerprint density at radius 2 is 2.06 bits per heavy atom. The molecule has 3 nitrogen and oxygen atoms in total. The third kappa shape index (κ3) is 2.22. The van der Waals surface area contributed by atoms with E-state index in [1.165, 1.54) is 13.0 Å². The summed E-state index contributed by atoms with van der Waals surface area (Å²) >= 11 is 6.00. The second kappa shape index (κ2) is 4.78. The van der Waals surface area contributed by atoms with Crippen LogP contribution in [0.5, 0.6) is 0 Å². The Bertz CT molecular complexity index is 597. The maximum atomic E-state index is 12.0. The van der Waals surface area contributed by atoms with Crippen molar-refractivity contribution in [2.75, 3.05) is 0 Å². The maximum absolute atomic E-state index is 12.0. The summed E-state index contributed by atoms with van der Waals surface area (Å²) < 4.78 is 0. The molecule has 0 aliphatic heterocycles. The van der Waals surface area contributed by atoms with Crippen LogP contribution in [-0.4, -0.2) is 16.9 Å². The standard InChI is InChI=1S/C14H11ClO3/c1-8(14(17)18)6-10-7-9-4-2-3-5-11(9)13(16)12(10)15/h2-6H,7H2,1H3,(H,17,18)/b8-6+. The molecule has 0 fully saturated rings. The molecule has 1 aliphatic rings. The molecule has 2 rings (SSSR count). The number of fused-ring (bicyclic) bond motifs is 1. The summed E-state index contributed by atoms with van der Waals surface area (Å²) in [7, 11) is 0. The Kier molecular flexibility index (Phi) is 3.34. The van der Waals surface area contributed by atoms with Gasteiger partial charge in [0.05, 0.1) is 5.03 Å². The van der Waals surface area contributed by atoms with E-state index in [9.17, 15) is 9.59 Å². The van der Waals surface area contributed by atoms with E-state index in [0.717, 1.165) is 5.56 Å². The third-order valence-corrected chi connectivity index (χ3v) is 3.27. The van der Waals surface area contributed by atoms with Gasteiger partial charge in [0, 0.05) is 11.1 Å². The molecule has 0 amide bonds. The fourth-order valence-electron chi connectivity index (χ4n) is 1.88. The van der Waals surface area contributed by atoms with Crippen molar-refractivity contribution >= 4 is 23.4 Å². The van der Waals surface area contributed by atoms with Crippen LogP contribution in [0.25, 0.3) is 0 Å². The maximum Gasteiger partial charge on any atom is 0.331 e. The number of ketones is 1. The van der Waals surface area contributed by atoms with E-state index < -0.39 is 5.97 Å². The zero-order chi connectivity index (χ0) is 13.3. The summed E-state index contributed by atoms with van der Waals surface area (Å²) in [4.78, 5) is 22.8. The molecule has 0 bridgehead atoms. The Morgan fingerprint density at radius 1 is 1.39 bits per heavy atom. The van der Waals surface area contributed by atoms with Gasteiger partial charge in [0.1, 0.15) is 0 Å². The largest absolute Gasteiger partial charge is 0.478 e. The first-order valence-corrected chi connectivity index (χ1v) is 5.81. The Hall–Kier alpha value is -1.87. The van der Waals surface area contributed by atoms with Gasteiger partial charge in [-0.25, -0.2) is 4.79 Å². The van der Waals surface area contributed by atoms with E-state index in [4.69, 9.17) is 16.7 Å². The van der Waals surface area contributed by atoms with Crippen molar-refractivity contribution in [3.05, 3.63) is 57.6 Å². The summed E-state index contributed by atoms with van der Waals surface area (Å²) in [6.07, 6.45) is 1.93. The van der Waals surface area contributed by atoms with Gasteiger partial charge in [0.25, 0.3) is 0 Å². The van der Waals surface area contributed by atoms with Crippen molar-refractivity contribution < 1.29 is 14.7 Å². The van der Waals surface area contributed by atoms with Gasteiger partial charge < -0.3 is 5.11 Å². The number of Topliss-reactive ketones (excluding diaryl/α,β-unsaturated/α-hetero) is 1.